The maximum absolute atomic E-state index is 12.6. The Kier molecular flexibility index (Phi) is 29.4. The van der Waals surface area contributed by atoms with Gasteiger partial charge in [0.2, 0.25) is 0 Å². The zero-order valence-corrected chi connectivity index (χ0v) is 31.5. The molecule has 0 aliphatic heterocycles. The molecule has 0 aromatic carbocycles. The number of ether oxygens (including phenoxy) is 2. The van der Waals surface area contributed by atoms with Gasteiger partial charge in [-0.2, -0.15) is 0 Å². The van der Waals surface area contributed by atoms with Crippen molar-refractivity contribution in [3.05, 3.63) is 0 Å². The standard InChI is InChI=1S/C36H72NO8P/c1-6-8-10-12-14-16-18-19-21-22-24-26-28-35(38)42-32-34(33-44-46(40,41)43-31-30-37(3,4)5)45-36(39)29-27-25-23-20-17-15-13-11-9-7-2/h34H,6-33H2,1-5H3/p+1/t34-/m1/s1. The van der Waals surface area contributed by atoms with Crippen LogP contribution < -0.4 is 0 Å². The SMILES string of the molecule is CCCCCCCCCCCCCCC(=O)OC[C@H](COP(=O)(O)OCC[N+](C)(C)C)OC(=O)CCCCCCCCCCCC. The van der Waals surface area contributed by atoms with Gasteiger partial charge in [-0.05, 0) is 12.8 Å². The second-order valence-electron chi connectivity index (χ2n) is 14.0. The monoisotopic (exact) mass is 679 g/mol. The number of unbranched alkanes of at least 4 members (excludes halogenated alkanes) is 20. The third-order valence-electron chi connectivity index (χ3n) is 8.14. The average Bonchev–Trinajstić information content (AvgIpc) is 2.99. The van der Waals surface area contributed by atoms with E-state index >= 15 is 0 Å². The van der Waals surface area contributed by atoms with E-state index in [0.717, 1.165) is 32.1 Å². The van der Waals surface area contributed by atoms with Crippen LogP contribution in [0.15, 0.2) is 0 Å². The lowest BCUT2D eigenvalue weighted by molar-refractivity contribution is -0.870. The minimum Gasteiger partial charge on any atom is -0.462 e. The number of esters is 2. The Hall–Kier alpha value is -0.990. The predicted molar refractivity (Wildman–Crippen MR) is 188 cm³/mol. The van der Waals surface area contributed by atoms with Crippen LogP contribution in [-0.4, -0.2) is 74.9 Å². The number of phosphoric ester groups is 1. The number of nitrogens with zero attached hydrogens (tertiary/aromatic N) is 1. The van der Waals surface area contributed by atoms with Crippen LogP contribution in [0.1, 0.15) is 168 Å². The van der Waals surface area contributed by atoms with Gasteiger partial charge in [-0.3, -0.25) is 18.6 Å². The van der Waals surface area contributed by atoms with Crippen molar-refractivity contribution in [3.8, 4) is 0 Å². The fourth-order valence-electron chi connectivity index (χ4n) is 5.13. The molecule has 10 heteroatoms. The largest absolute Gasteiger partial charge is 0.472 e. The van der Waals surface area contributed by atoms with Crippen molar-refractivity contribution in [3.63, 3.8) is 0 Å². The van der Waals surface area contributed by atoms with E-state index in [1.165, 1.54) is 103 Å². The Balaban J connectivity index is 4.42. The summed E-state index contributed by atoms with van der Waals surface area (Å²) in [6, 6.07) is 0. The molecule has 46 heavy (non-hydrogen) atoms. The highest BCUT2D eigenvalue weighted by atomic mass is 31.2. The number of phosphoric acid groups is 1. The number of hydrogen-bond acceptors (Lipinski definition) is 7. The van der Waals surface area contributed by atoms with E-state index in [4.69, 9.17) is 18.5 Å². The van der Waals surface area contributed by atoms with E-state index < -0.39 is 26.5 Å². The molecule has 0 bridgehead atoms. The molecule has 0 aliphatic rings. The van der Waals surface area contributed by atoms with E-state index in [9.17, 15) is 19.0 Å². The molecule has 0 heterocycles. The van der Waals surface area contributed by atoms with Gasteiger partial charge in [0.1, 0.15) is 19.8 Å². The van der Waals surface area contributed by atoms with Crippen molar-refractivity contribution < 1.29 is 42.1 Å². The number of carbonyl (C=O) groups excluding carboxylic acids is 2. The molecule has 9 nitrogen and oxygen atoms in total. The van der Waals surface area contributed by atoms with E-state index in [2.05, 4.69) is 13.8 Å². The topological polar surface area (TPSA) is 108 Å². The molecule has 0 rings (SSSR count). The second kappa shape index (κ2) is 30.1. The second-order valence-corrected chi connectivity index (χ2v) is 15.4. The minimum absolute atomic E-state index is 0.0362. The normalized spacial score (nSPS) is 13.8. The summed E-state index contributed by atoms with van der Waals surface area (Å²) in [6.45, 7) is 4.40. The average molecular weight is 679 g/mol. The Bertz CT molecular complexity index is 774. The number of likely N-dealkylation sites (N-methyl/N-ethyl adjacent to an activating group) is 1. The van der Waals surface area contributed by atoms with Gasteiger partial charge >= 0.3 is 19.8 Å². The lowest BCUT2D eigenvalue weighted by Gasteiger charge is -2.24. The van der Waals surface area contributed by atoms with Gasteiger partial charge in [-0.25, -0.2) is 4.57 Å². The summed E-state index contributed by atoms with van der Waals surface area (Å²) in [7, 11) is 1.49. The lowest BCUT2D eigenvalue weighted by Crippen LogP contribution is -2.37. The fourth-order valence-corrected chi connectivity index (χ4v) is 5.87. The molecule has 1 N–H and O–H groups in total. The molecule has 274 valence electrons. The highest BCUT2D eigenvalue weighted by Crippen LogP contribution is 2.43. The predicted octanol–water partition coefficient (Wildman–Crippen LogP) is 9.68. The van der Waals surface area contributed by atoms with Gasteiger partial charge in [0.25, 0.3) is 0 Å². The van der Waals surface area contributed by atoms with Crippen LogP contribution in [0.4, 0.5) is 0 Å². The van der Waals surface area contributed by atoms with E-state index in [1.807, 2.05) is 21.1 Å². The van der Waals surface area contributed by atoms with Gasteiger partial charge in [0.05, 0.1) is 27.7 Å². The van der Waals surface area contributed by atoms with Crippen molar-refractivity contribution in [1.29, 1.82) is 0 Å². The van der Waals surface area contributed by atoms with Crippen LogP contribution in [0.3, 0.4) is 0 Å². The van der Waals surface area contributed by atoms with Crippen LogP contribution in [0.2, 0.25) is 0 Å². The third-order valence-corrected chi connectivity index (χ3v) is 9.12. The van der Waals surface area contributed by atoms with Gasteiger partial charge in [-0.1, -0.05) is 142 Å². The summed E-state index contributed by atoms with van der Waals surface area (Å²) < 4.78 is 34.1. The highest BCUT2D eigenvalue weighted by Gasteiger charge is 2.27. The first-order valence-electron chi connectivity index (χ1n) is 18.8. The van der Waals surface area contributed by atoms with E-state index in [0.29, 0.717) is 23.9 Å². The van der Waals surface area contributed by atoms with Gasteiger partial charge in [-0.15, -0.1) is 0 Å². The van der Waals surface area contributed by atoms with E-state index in [1.54, 1.807) is 0 Å². The zero-order valence-electron chi connectivity index (χ0n) is 30.6. The molecule has 0 aliphatic carbocycles. The molecule has 0 spiro atoms. The number of hydrogen-bond donors (Lipinski definition) is 1. The molecule has 0 aromatic rings. The molecule has 0 fully saturated rings. The summed E-state index contributed by atoms with van der Waals surface area (Å²) in [5.74, 6) is -0.793. The summed E-state index contributed by atoms with van der Waals surface area (Å²) in [4.78, 5) is 35.1. The summed E-state index contributed by atoms with van der Waals surface area (Å²) in [5.41, 5.74) is 0. The van der Waals surface area contributed by atoms with Crippen LogP contribution >= 0.6 is 7.82 Å². The molecular formula is C36H73NO8P+. The molecular weight excluding hydrogens is 605 g/mol. The zero-order chi connectivity index (χ0) is 34.4. The third kappa shape index (κ3) is 32.9. The van der Waals surface area contributed by atoms with Crippen molar-refractivity contribution in [2.75, 3.05) is 47.5 Å². The maximum atomic E-state index is 12.6. The van der Waals surface area contributed by atoms with Gasteiger partial charge in [0, 0.05) is 12.8 Å². The van der Waals surface area contributed by atoms with Crippen molar-refractivity contribution >= 4 is 19.8 Å². The van der Waals surface area contributed by atoms with Crippen LogP contribution in [0.25, 0.3) is 0 Å². The van der Waals surface area contributed by atoms with Gasteiger partial charge in [0.15, 0.2) is 6.10 Å². The Morgan fingerprint density at radius 2 is 0.978 bits per heavy atom. The smallest absolute Gasteiger partial charge is 0.462 e. The summed E-state index contributed by atoms with van der Waals surface area (Å²) >= 11 is 0. The first-order valence-corrected chi connectivity index (χ1v) is 20.3. The molecule has 0 radical (unpaired) electrons. The van der Waals surface area contributed by atoms with Crippen LogP contribution in [-0.2, 0) is 32.7 Å². The fraction of sp³-hybridized carbons (Fsp3) is 0.944. The molecule has 0 saturated heterocycles. The van der Waals surface area contributed by atoms with Crippen molar-refractivity contribution in [1.82, 2.24) is 0 Å². The molecule has 1 unspecified atom stereocenters. The Morgan fingerprint density at radius 3 is 1.39 bits per heavy atom. The molecule has 0 saturated carbocycles. The van der Waals surface area contributed by atoms with Crippen LogP contribution in [0.5, 0.6) is 0 Å². The van der Waals surface area contributed by atoms with Crippen LogP contribution in [0, 0.1) is 0 Å². The quantitative estimate of drug-likeness (QED) is 0.0310. The van der Waals surface area contributed by atoms with Crippen molar-refractivity contribution in [2.24, 2.45) is 0 Å². The molecule has 0 aromatic heterocycles. The molecule has 0 amide bonds. The number of rotatable bonds is 34. The van der Waals surface area contributed by atoms with Gasteiger partial charge < -0.3 is 18.9 Å². The maximum Gasteiger partial charge on any atom is 0.472 e. The summed E-state index contributed by atoms with van der Waals surface area (Å²) in [5, 5.41) is 0. The summed E-state index contributed by atoms with van der Waals surface area (Å²) in [6.07, 6.45) is 25.7. The first-order chi connectivity index (χ1) is 22.0. The van der Waals surface area contributed by atoms with Crippen molar-refractivity contribution in [2.45, 2.75) is 174 Å². The Morgan fingerprint density at radius 1 is 0.587 bits per heavy atom. The lowest BCUT2D eigenvalue weighted by atomic mass is 10.0. The highest BCUT2D eigenvalue weighted by molar-refractivity contribution is 7.47. The number of quaternary nitrogens is 1. The molecule has 2 atom stereocenters. The van der Waals surface area contributed by atoms with E-state index in [-0.39, 0.29) is 25.6 Å². The number of carbonyl (C=O) groups is 2. The first kappa shape index (κ1) is 45.0. The minimum atomic E-state index is -4.35. The Labute approximate surface area is 283 Å².